The number of aromatic nitrogens is 1. The Balaban J connectivity index is 0.000000404. The van der Waals surface area contributed by atoms with Crippen molar-refractivity contribution in [3.8, 4) is 0 Å². The number of amides is 1. The highest BCUT2D eigenvalue weighted by Crippen LogP contribution is 2.32. The molecule has 1 amide bonds. The molecule has 212 valence electrons. The molecule has 2 saturated heterocycles. The third-order valence-corrected chi connectivity index (χ3v) is 5.79. The second kappa shape index (κ2) is 13.9. The number of fused-ring (bicyclic) bond motifs is 2. The quantitative estimate of drug-likeness (QED) is 0.443. The first-order valence-electron chi connectivity index (χ1n) is 10.7. The summed E-state index contributed by atoms with van der Waals surface area (Å²) in [6.07, 6.45) is -9.13. The summed E-state index contributed by atoms with van der Waals surface area (Å²) in [7, 11) is 4.02. The number of carbonyl (C=O) groups excluding carboxylic acids is 1. The van der Waals surface area contributed by atoms with Gasteiger partial charge in [0.1, 0.15) is 0 Å². The number of carboxylic acid groups (broad SMARTS) is 2. The largest absolute Gasteiger partial charge is 0.490 e. The molecule has 10 nitrogen and oxygen atoms in total. The van der Waals surface area contributed by atoms with Crippen molar-refractivity contribution in [3.05, 3.63) is 16.1 Å². The molecule has 2 fully saturated rings. The molecule has 0 spiro atoms. The fraction of sp³-hybridized carbons (Fsp3) is 0.700. The van der Waals surface area contributed by atoms with E-state index in [1.807, 2.05) is 21.0 Å². The van der Waals surface area contributed by atoms with Crippen molar-refractivity contribution in [2.45, 2.75) is 44.4 Å². The fourth-order valence-corrected chi connectivity index (χ4v) is 3.99. The minimum Gasteiger partial charge on any atom is -0.475 e. The van der Waals surface area contributed by atoms with Gasteiger partial charge in [0, 0.05) is 38.1 Å². The van der Waals surface area contributed by atoms with Crippen LogP contribution in [0.25, 0.3) is 0 Å². The third-order valence-electron chi connectivity index (χ3n) is 4.97. The highest BCUT2D eigenvalue weighted by atomic mass is 32.1. The zero-order valence-electron chi connectivity index (χ0n) is 20.1. The maximum atomic E-state index is 12.4. The molecule has 2 bridgehead atoms. The normalized spacial score (nSPS) is 21.4. The van der Waals surface area contributed by atoms with Crippen LogP contribution in [0.2, 0.25) is 0 Å². The number of carboxylic acids is 2. The minimum absolute atomic E-state index is 0.00988. The predicted octanol–water partition coefficient (Wildman–Crippen LogP) is 1.99. The number of carbonyl (C=O) groups is 3. The molecule has 0 aromatic carbocycles. The molecular weight excluding hydrogens is 538 g/mol. The number of likely N-dealkylation sites (N-methyl/N-ethyl adjacent to an activating group) is 1. The van der Waals surface area contributed by atoms with Gasteiger partial charge in [-0.05, 0) is 27.4 Å². The van der Waals surface area contributed by atoms with Crippen LogP contribution in [0.5, 0.6) is 0 Å². The van der Waals surface area contributed by atoms with Gasteiger partial charge in [0.15, 0.2) is 0 Å². The van der Waals surface area contributed by atoms with Gasteiger partial charge in [0.25, 0.3) is 0 Å². The number of hydrogen-bond acceptors (Lipinski definition) is 8. The summed E-state index contributed by atoms with van der Waals surface area (Å²) in [5, 5.41) is 20.5. The number of likely N-dealkylation sites (tertiary alicyclic amines) is 1. The van der Waals surface area contributed by atoms with Crippen LogP contribution in [0.1, 0.15) is 17.1 Å². The summed E-state index contributed by atoms with van der Waals surface area (Å²) >= 11 is 1.69. The van der Waals surface area contributed by atoms with E-state index < -0.39 is 24.3 Å². The maximum Gasteiger partial charge on any atom is 0.490 e. The number of hydrogen-bond donors (Lipinski definition) is 3. The van der Waals surface area contributed by atoms with Gasteiger partial charge in [0.05, 0.1) is 28.8 Å². The van der Waals surface area contributed by atoms with Crippen LogP contribution in [-0.2, 0) is 25.7 Å². The number of aliphatic carboxylic acids is 2. The van der Waals surface area contributed by atoms with Gasteiger partial charge in [-0.3, -0.25) is 9.69 Å². The van der Waals surface area contributed by atoms with Crippen molar-refractivity contribution in [1.29, 1.82) is 0 Å². The fourth-order valence-electron chi connectivity index (χ4n) is 3.39. The van der Waals surface area contributed by atoms with Crippen LogP contribution in [-0.4, -0.2) is 108 Å². The topological polar surface area (TPSA) is 132 Å². The van der Waals surface area contributed by atoms with Crippen LogP contribution in [0.3, 0.4) is 0 Å². The number of morpholine rings is 1. The second-order valence-corrected chi connectivity index (χ2v) is 9.45. The average molecular weight is 567 g/mol. The smallest absolute Gasteiger partial charge is 0.475 e. The molecular formula is C20H28F6N4O6S. The number of rotatable bonds is 6. The number of aryl methyl sites for hydroxylation is 1. The van der Waals surface area contributed by atoms with Crippen LogP contribution in [0.15, 0.2) is 5.38 Å². The summed E-state index contributed by atoms with van der Waals surface area (Å²) < 4.78 is 69.5. The molecule has 0 saturated carbocycles. The highest BCUT2D eigenvalue weighted by Gasteiger charge is 2.44. The standard InChI is InChI=1S/C16H26N4O2S.2C2HF3O2/c1-11-18-12(10-23-11)7-20-8-13-6-14(15(9-20)22-13)16(21)17-4-5-19(2)3;2*3-2(4,5)1(6)7/h10,13-15H,4-9H2,1-3H3,(H,17,21);2*(H,6,7). The summed E-state index contributed by atoms with van der Waals surface area (Å²) in [5.74, 6) is -5.38. The van der Waals surface area contributed by atoms with Gasteiger partial charge in [-0.25, -0.2) is 14.6 Å². The van der Waals surface area contributed by atoms with Gasteiger partial charge in [0.2, 0.25) is 5.91 Å². The Bertz CT molecular complexity index is 887. The Labute approximate surface area is 212 Å². The number of alkyl halides is 6. The molecule has 1 aromatic rings. The molecule has 3 rings (SSSR count). The Morgan fingerprint density at radius 3 is 2.11 bits per heavy atom. The predicted molar refractivity (Wildman–Crippen MR) is 118 cm³/mol. The van der Waals surface area contributed by atoms with E-state index >= 15 is 0 Å². The van der Waals surface area contributed by atoms with Crippen LogP contribution in [0, 0.1) is 12.8 Å². The molecule has 0 aliphatic carbocycles. The summed E-state index contributed by atoms with van der Waals surface area (Å²) in [6, 6.07) is 0. The van der Waals surface area contributed by atoms with Crippen molar-refractivity contribution < 1.29 is 55.7 Å². The van der Waals surface area contributed by atoms with Gasteiger partial charge >= 0.3 is 24.3 Å². The van der Waals surface area contributed by atoms with Crippen LogP contribution >= 0.6 is 11.3 Å². The van der Waals surface area contributed by atoms with Crippen molar-refractivity contribution in [1.82, 2.24) is 20.1 Å². The van der Waals surface area contributed by atoms with Gasteiger partial charge < -0.3 is 25.2 Å². The number of nitrogens with one attached hydrogen (secondary N) is 1. The first-order valence-corrected chi connectivity index (χ1v) is 11.6. The van der Waals surface area contributed by atoms with Crippen molar-refractivity contribution in [3.63, 3.8) is 0 Å². The third kappa shape index (κ3) is 12.1. The molecule has 17 heteroatoms. The maximum absolute atomic E-state index is 12.4. The Morgan fingerprint density at radius 1 is 1.14 bits per heavy atom. The number of halogens is 6. The highest BCUT2D eigenvalue weighted by molar-refractivity contribution is 7.09. The van der Waals surface area contributed by atoms with E-state index in [4.69, 9.17) is 24.5 Å². The SMILES string of the molecule is Cc1nc(CN2CC3CC(C(=O)NCCN(C)C)C(C2)O3)cs1.O=C(O)C(F)(F)F.O=C(O)C(F)(F)F. The van der Waals surface area contributed by atoms with E-state index in [0.29, 0.717) is 6.54 Å². The molecule has 3 N–H and O–H groups in total. The Morgan fingerprint density at radius 2 is 1.68 bits per heavy atom. The van der Waals surface area contributed by atoms with Gasteiger partial charge in [-0.2, -0.15) is 26.3 Å². The van der Waals surface area contributed by atoms with E-state index in [1.165, 1.54) is 0 Å². The first kappa shape index (κ1) is 32.5. The van der Waals surface area contributed by atoms with Gasteiger partial charge in [-0.15, -0.1) is 11.3 Å². The molecule has 2 aliphatic rings. The van der Waals surface area contributed by atoms with E-state index in [0.717, 1.165) is 43.3 Å². The summed E-state index contributed by atoms with van der Waals surface area (Å²) in [6.45, 7) is 6.17. The lowest BCUT2D eigenvalue weighted by Gasteiger charge is -2.32. The Kier molecular flexibility index (Phi) is 12.2. The van der Waals surface area contributed by atoms with Crippen molar-refractivity contribution >= 4 is 29.2 Å². The average Bonchev–Trinajstić information content (AvgIpc) is 3.28. The van der Waals surface area contributed by atoms with E-state index in [9.17, 15) is 31.1 Å². The summed E-state index contributed by atoms with van der Waals surface area (Å²) in [4.78, 5) is 39.2. The van der Waals surface area contributed by atoms with Crippen molar-refractivity contribution in [2.24, 2.45) is 5.92 Å². The molecule has 0 radical (unpaired) electrons. The molecule has 1 aromatic heterocycles. The Hall–Kier alpha value is -2.50. The van der Waals surface area contributed by atoms with E-state index in [-0.39, 0.29) is 24.0 Å². The van der Waals surface area contributed by atoms with Gasteiger partial charge in [-0.1, -0.05) is 0 Å². The molecule has 3 heterocycles. The molecule has 3 unspecified atom stereocenters. The van der Waals surface area contributed by atoms with E-state index in [1.54, 1.807) is 11.3 Å². The lowest BCUT2D eigenvalue weighted by Crippen LogP contribution is -2.45. The van der Waals surface area contributed by atoms with E-state index in [2.05, 4.69) is 25.5 Å². The zero-order chi connectivity index (χ0) is 28.6. The molecule has 2 aliphatic heterocycles. The lowest BCUT2D eigenvalue weighted by atomic mass is 9.99. The molecule has 3 atom stereocenters. The summed E-state index contributed by atoms with van der Waals surface area (Å²) in [5.41, 5.74) is 1.13. The molecule has 37 heavy (non-hydrogen) atoms. The monoisotopic (exact) mass is 566 g/mol. The number of nitrogens with zero attached hydrogens (tertiary/aromatic N) is 3. The minimum atomic E-state index is -5.08. The first-order chi connectivity index (χ1) is 16.9. The van der Waals surface area contributed by atoms with Crippen LogP contribution in [0.4, 0.5) is 26.3 Å². The van der Waals surface area contributed by atoms with Crippen LogP contribution < -0.4 is 5.32 Å². The number of ether oxygens (including phenoxy) is 1. The number of thiazole rings is 1. The zero-order valence-corrected chi connectivity index (χ0v) is 20.9. The van der Waals surface area contributed by atoms with Crippen molar-refractivity contribution in [2.75, 3.05) is 40.3 Å². The second-order valence-electron chi connectivity index (χ2n) is 8.39. The lowest BCUT2D eigenvalue weighted by molar-refractivity contribution is -0.193.